The Balaban J connectivity index is 2.10. The van der Waals surface area contributed by atoms with E-state index in [0.29, 0.717) is 5.56 Å². The van der Waals surface area contributed by atoms with Gasteiger partial charge in [0.1, 0.15) is 0 Å². The van der Waals surface area contributed by atoms with Gasteiger partial charge >= 0.3 is 0 Å². The number of hydrogen-bond donors (Lipinski definition) is 1. The van der Waals surface area contributed by atoms with Gasteiger partial charge in [-0.2, -0.15) is 0 Å². The third-order valence-corrected chi connectivity index (χ3v) is 3.88. The molecule has 0 saturated carbocycles. The number of aromatic nitrogens is 2. The number of amides is 1. The van der Waals surface area contributed by atoms with E-state index in [-0.39, 0.29) is 11.9 Å². The van der Waals surface area contributed by atoms with Crippen LogP contribution >= 0.6 is 11.3 Å². The minimum Gasteiger partial charge on any atom is -0.345 e. The summed E-state index contributed by atoms with van der Waals surface area (Å²) in [6.07, 6.45) is 3.23. The number of hydrogen-bond acceptors (Lipinski definition) is 4. The highest BCUT2D eigenvalue weighted by molar-refractivity contribution is 7.11. The lowest BCUT2D eigenvalue weighted by molar-refractivity contribution is 0.0940. The predicted octanol–water partition coefficient (Wildman–Crippen LogP) is 2.65. The zero-order valence-corrected chi connectivity index (χ0v) is 11.4. The molecule has 0 aliphatic rings. The molecule has 2 rings (SSSR count). The number of rotatable bonds is 3. The summed E-state index contributed by atoms with van der Waals surface area (Å²) in [7, 11) is 0. The van der Waals surface area contributed by atoms with Crippen molar-refractivity contribution in [2.24, 2.45) is 0 Å². The van der Waals surface area contributed by atoms with E-state index in [2.05, 4.69) is 15.3 Å². The lowest BCUT2D eigenvalue weighted by atomic mass is 10.2. The second-order valence-corrected chi connectivity index (χ2v) is 5.35. The van der Waals surface area contributed by atoms with E-state index in [1.165, 1.54) is 0 Å². The standard InChI is InChI=1S/C13H15N3OS/c1-8-12(18-10(3)15-8)9(2)16-13(17)11-4-6-14-7-5-11/h4-7,9H,1-3H3,(H,16,17)/t9-/m1/s1. The molecule has 0 aromatic carbocycles. The van der Waals surface area contributed by atoms with Crippen molar-refractivity contribution >= 4 is 17.2 Å². The molecule has 4 nitrogen and oxygen atoms in total. The summed E-state index contributed by atoms with van der Waals surface area (Å²) in [5, 5.41) is 3.99. The Labute approximate surface area is 110 Å². The smallest absolute Gasteiger partial charge is 0.251 e. The third-order valence-electron chi connectivity index (χ3n) is 2.62. The molecule has 0 fully saturated rings. The van der Waals surface area contributed by atoms with Crippen LogP contribution in [0.5, 0.6) is 0 Å². The van der Waals surface area contributed by atoms with Gasteiger partial charge in [0.15, 0.2) is 0 Å². The first-order chi connectivity index (χ1) is 8.58. The van der Waals surface area contributed by atoms with Crippen LogP contribution in [0, 0.1) is 13.8 Å². The van der Waals surface area contributed by atoms with Crippen LogP contribution in [-0.2, 0) is 0 Å². The molecule has 2 aromatic heterocycles. The van der Waals surface area contributed by atoms with Gasteiger partial charge in [0.05, 0.1) is 16.7 Å². The van der Waals surface area contributed by atoms with Crippen molar-refractivity contribution < 1.29 is 4.79 Å². The molecule has 2 aromatic rings. The largest absolute Gasteiger partial charge is 0.345 e. The molecule has 18 heavy (non-hydrogen) atoms. The number of carbonyl (C=O) groups excluding carboxylic acids is 1. The van der Waals surface area contributed by atoms with Crippen LogP contribution < -0.4 is 5.32 Å². The zero-order chi connectivity index (χ0) is 13.1. The Morgan fingerprint density at radius 1 is 1.33 bits per heavy atom. The second-order valence-electron chi connectivity index (χ2n) is 4.11. The monoisotopic (exact) mass is 261 g/mol. The molecule has 0 bridgehead atoms. The van der Waals surface area contributed by atoms with Crippen molar-refractivity contribution in [1.29, 1.82) is 0 Å². The SMILES string of the molecule is Cc1nc(C)c([C@@H](C)NC(=O)c2ccncc2)s1. The van der Waals surface area contributed by atoms with Crippen molar-refractivity contribution in [3.63, 3.8) is 0 Å². The zero-order valence-electron chi connectivity index (χ0n) is 10.6. The summed E-state index contributed by atoms with van der Waals surface area (Å²) >= 11 is 1.62. The first-order valence-corrected chi connectivity index (χ1v) is 6.54. The van der Waals surface area contributed by atoms with Gasteiger partial charge in [0, 0.05) is 22.8 Å². The summed E-state index contributed by atoms with van der Waals surface area (Å²) in [5.41, 5.74) is 1.61. The fraction of sp³-hybridized carbons (Fsp3) is 0.308. The Morgan fingerprint density at radius 3 is 2.56 bits per heavy atom. The molecular weight excluding hydrogens is 246 g/mol. The molecule has 94 valence electrons. The quantitative estimate of drug-likeness (QED) is 0.924. The van der Waals surface area contributed by atoms with E-state index < -0.39 is 0 Å². The van der Waals surface area contributed by atoms with E-state index in [9.17, 15) is 4.79 Å². The molecule has 0 spiro atoms. The Hall–Kier alpha value is -1.75. The first-order valence-electron chi connectivity index (χ1n) is 5.72. The van der Waals surface area contributed by atoms with E-state index in [0.717, 1.165) is 15.6 Å². The van der Waals surface area contributed by atoms with Crippen LogP contribution in [0.4, 0.5) is 0 Å². The summed E-state index contributed by atoms with van der Waals surface area (Å²) in [6.45, 7) is 5.91. The highest BCUT2D eigenvalue weighted by Crippen LogP contribution is 2.24. The number of nitrogens with zero attached hydrogens (tertiary/aromatic N) is 2. The maximum absolute atomic E-state index is 12.0. The van der Waals surface area contributed by atoms with Crippen LogP contribution in [0.25, 0.3) is 0 Å². The predicted molar refractivity (Wildman–Crippen MR) is 71.7 cm³/mol. The van der Waals surface area contributed by atoms with E-state index in [4.69, 9.17) is 0 Å². The highest BCUT2D eigenvalue weighted by atomic mass is 32.1. The fourth-order valence-corrected chi connectivity index (χ4v) is 2.73. The molecular formula is C13H15N3OS. The molecule has 5 heteroatoms. The highest BCUT2D eigenvalue weighted by Gasteiger charge is 2.15. The normalized spacial score (nSPS) is 12.2. The summed E-state index contributed by atoms with van der Waals surface area (Å²) in [4.78, 5) is 21.4. The number of carbonyl (C=O) groups is 1. The number of aryl methyl sites for hydroxylation is 2. The van der Waals surface area contributed by atoms with E-state index in [1.807, 2.05) is 20.8 Å². The molecule has 1 atom stereocenters. The molecule has 0 saturated heterocycles. The minimum atomic E-state index is -0.0876. The van der Waals surface area contributed by atoms with Crippen molar-refractivity contribution in [2.45, 2.75) is 26.8 Å². The van der Waals surface area contributed by atoms with Gasteiger partial charge in [-0.05, 0) is 32.9 Å². The van der Waals surface area contributed by atoms with Gasteiger partial charge in [-0.1, -0.05) is 0 Å². The van der Waals surface area contributed by atoms with Crippen LogP contribution in [0.15, 0.2) is 24.5 Å². The average Bonchev–Trinajstić information content (AvgIpc) is 2.69. The van der Waals surface area contributed by atoms with Crippen LogP contribution in [0.3, 0.4) is 0 Å². The van der Waals surface area contributed by atoms with Gasteiger partial charge < -0.3 is 5.32 Å². The molecule has 1 amide bonds. The van der Waals surface area contributed by atoms with Crippen molar-refractivity contribution in [1.82, 2.24) is 15.3 Å². The second kappa shape index (κ2) is 5.27. The molecule has 2 heterocycles. The molecule has 0 aliphatic heterocycles. The van der Waals surface area contributed by atoms with Crippen LogP contribution in [0.1, 0.15) is 38.9 Å². The van der Waals surface area contributed by atoms with Crippen LogP contribution in [0.2, 0.25) is 0 Å². The van der Waals surface area contributed by atoms with Gasteiger partial charge in [0.2, 0.25) is 0 Å². The summed E-state index contributed by atoms with van der Waals surface area (Å²) in [5.74, 6) is -0.0876. The maximum atomic E-state index is 12.0. The lowest BCUT2D eigenvalue weighted by Gasteiger charge is -2.12. The van der Waals surface area contributed by atoms with Crippen molar-refractivity contribution in [3.8, 4) is 0 Å². The first kappa shape index (κ1) is 12.7. The maximum Gasteiger partial charge on any atom is 0.251 e. The molecule has 1 N–H and O–H groups in total. The Morgan fingerprint density at radius 2 is 2.00 bits per heavy atom. The Bertz CT molecular complexity index is 551. The third kappa shape index (κ3) is 2.73. The van der Waals surface area contributed by atoms with E-state index in [1.54, 1.807) is 35.9 Å². The summed E-state index contributed by atoms with van der Waals surface area (Å²) in [6, 6.07) is 3.37. The van der Waals surface area contributed by atoms with Gasteiger partial charge in [0.25, 0.3) is 5.91 Å². The van der Waals surface area contributed by atoms with Gasteiger partial charge in [-0.25, -0.2) is 4.98 Å². The number of pyridine rings is 1. The topological polar surface area (TPSA) is 54.9 Å². The molecule has 0 radical (unpaired) electrons. The summed E-state index contributed by atoms with van der Waals surface area (Å²) < 4.78 is 0. The van der Waals surface area contributed by atoms with Crippen LogP contribution in [-0.4, -0.2) is 15.9 Å². The number of thiazole rings is 1. The van der Waals surface area contributed by atoms with Crippen molar-refractivity contribution in [3.05, 3.63) is 45.7 Å². The fourth-order valence-electron chi connectivity index (χ4n) is 1.80. The number of nitrogens with one attached hydrogen (secondary N) is 1. The molecule has 0 aliphatic carbocycles. The lowest BCUT2D eigenvalue weighted by Crippen LogP contribution is -2.26. The average molecular weight is 261 g/mol. The van der Waals surface area contributed by atoms with Gasteiger partial charge in [-0.3, -0.25) is 9.78 Å². The van der Waals surface area contributed by atoms with E-state index >= 15 is 0 Å². The minimum absolute atomic E-state index is 0.0307. The van der Waals surface area contributed by atoms with Crippen molar-refractivity contribution in [2.75, 3.05) is 0 Å². The molecule has 0 unspecified atom stereocenters. The van der Waals surface area contributed by atoms with Gasteiger partial charge in [-0.15, -0.1) is 11.3 Å². The Kier molecular flexibility index (Phi) is 3.72.